The van der Waals surface area contributed by atoms with Crippen molar-refractivity contribution in [1.82, 2.24) is 0 Å². The van der Waals surface area contributed by atoms with Crippen molar-refractivity contribution < 1.29 is 15.1 Å². The monoisotopic (exact) mass is 348 g/mol. The van der Waals surface area contributed by atoms with E-state index in [1.807, 2.05) is 61.3 Å². The van der Waals surface area contributed by atoms with E-state index >= 15 is 0 Å². The molecule has 0 radical (unpaired) electrons. The van der Waals surface area contributed by atoms with Gasteiger partial charge in [-0.25, -0.2) is 0 Å². The van der Waals surface area contributed by atoms with Gasteiger partial charge in [0.15, 0.2) is 0 Å². The first-order valence-corrected chi connectivity index (χ1v) is 8.37. The number of allylic oxidation sites excluding steroid dienone is 1. The summed E-state index contributed by atoms with van der Waals surface area (Å²) in [7, 11) is 1.90. The highest BCUT2D eigenvalue weighted by atomic mass is 16.6. The van der Waals surface area contributed by atoms with E-state index in [4.69, 9.17) is 9.94 Å². The average Bonchev–Trinajstić information content (AvgIpc) is 3.09. The van der Waals surface area contributed by atoms with Crippen LogP contribution in [0.4, 0.5) is 11.4 Å². The topological polar surface area (TPSA) is 80.5 Å². The molecule has 1 N–H and O–H groups in total. The Labute approximate surface area is 151 Å². The van der Waals surface area contributed by atoms with Crippen LogP contribution in [-0.4, -0.2) is 37.0 Å². The number of aryl methyl sites for hydroxylation is 1. The number of rotatable bonds is 3. The highest BCUT2D eigenvalue weighted by molar-refractivity contribution is 6.35. The fourth-order valence-electron chi connectivity index (χ4n) is 3.36. The lowest BCUT2D eigenvalue weighted by molar-refractivity contribution is -0.210. The Hall–Kier alpha value is -3.12. The van der Waals surface area contributed by atoms with Gasteiger partial charge in [0.25, 0.3) is 0 Å². The molecule has 0 amide bonds. The maximum atomic E-state index is 12.7. The van der Waals surface area contributed by atoms with Gasteiger partial charge in [-0.1, -0.05) is 35.5 Å². The Balaban J connectivity index is 1.94. The zero-order valence-corrected chi connectivity index (χ0v) is 14.6. The largest absolute Gasteiger partial charge is 0.858 e. The third-order valence-electron chi connectivity index (χ3n) is 4.51. The number of anilines is 1. The van der Waals surface area contributed by atoms with Gasteiger partial charge in [-0.05, 0) is 30.5 Å². The molecule has 26 heavy (non-hydrogen) atoms. The zero-order valence-electron chi connectivity index (χ0n) is 14.6. The molecule has 2 aromatic carbocycles. The highest BCUT2D eigenvalue weighted by Crippen LogP contribution is 2.42. The molecule has 6 heteroatoms. The Kier molecular flexibility index (Phi) is 3.97. The Morgan fingerprint density at radius 3 is 2.81 bits per heavy atom. The van der Waals surface area contributed by atoms with Crippen LogP contribution < -0.4 is 10.0 Å². The average molecular weight is 348 g/mol. The smallest absolute Gasteiger partial charge is 0.140 e. The van der Waals surface area contributed by atoms with Crippen LogP contribution in [0, 0.1) is 6.92 Å². The van der Waals surface area contributed by atoms with Crippen LogP contribution >= 0.6 is 0 Å². The molecule has 0 saturated carbocycles. The first-order valence-electron chi connectivity index (χ1n) is 8.37. The van der Waals surface area contributed by atoms with Crippen molar-refractivity contribution in [2.24, 2.45) is 10.1 Å². The van der Waals surface area contributed by atoms with Crippen molar-refractivity contribution in [2.45, 2.75) is 6.92 Å². The quantitative estimate of drug-likeness (QED) is 0.679. The van der Waals surface area contributed by atoms with E-state index in [1.54, 1.807) is 0 Å². The number of aliphatic hydroxyl groups excluding tert-OH is 1. The molecule has 132 valence electrons. The number of aliphatic imine (C=N–C) groups is 1. The number of aliphatic hydroxyl groups is 1. The van der Waals surface area contributed by atoms with Crippen molar-refractivity contribution in [3.63, 3.8) is 0 Å². The first-order chi connectivity index (χ1) is 12.6. The molecule has 0 aromatic heterocycles. The molecule has 2 aliphatic heterocycles. The molecule has 2 aromatic rings. The molecule has 0 unspecified atom stereocenters. The van der Waals surface area contributed by atoms with Gasteiger partial charge in [0.2, 0.25) is 0 Å². The summed E-state index contributed by atoms with van der Waals surface area (Å²) < 4.78 is 0. The summed E-state index contributed by atoms with van der Waals surface area (Å²) in [5, 5.41) is 25.9. The summed E-state index contributed by atoms with van der Waals surface area (Å²) in [5.41, 5.74) is 6.10. The van der Waals surface area contributed by atoms with Gasteiger partial charge >= 0.3 is 0 Å². The first kappa shape index (κ1) is 16.4. The van der Waals surface area contributed by atoms with E-state index in [0.29, 0.717) is 22.7 Å². The van der Waals surface area contributed by atoms with Crippen molar-refractivity contribution >= 4 is 28.6 Å². The van der Waals surface area contributed by atoms with Crippen LogP contribution in [-0.2, 0) is 4.84 Å². The fraction of sp³-hybridized carbons (Fsp3) is 0.200. The summed E-state index contributed by atoms with van der Waals surface area (Å²) in [4.78, 5) is 11.4. The lowest BCUT2D eigenvalue weighted by atomic mass is 10.00. The number of hydrogen-bond acceptors (Lipinski definition) is 6. The second-order valence-corrected chi connectivity index (χ2v) is 6.23. The number of hydrogen-bond donors (Lipinski definition) is 1. The molecule has 0 fully saturated rings. The predicted octanol–water partition coefficient (Wildman–Crippen LogP) is 1.97. The second-order valence-electron chi connectivity index (χ2n) is 6.23. The molecule has 0 bridgehead atoms. The summed E-state index contributed by atoms with van der Waals surface area (Å²) in [6.07, 6.45) is 0. The minimum atomic E-state index is -0.282. The van der Waals surface area contributed by atoms with E-state index in [9.17, 15) is 5.11 Å². The maximum absolute atomic E-state index is 12.7. The Bertz CT molecular complexity index is 976. The SMILES string of the molecule is Cc1ccc2c(c1)N=C([O-])/C2=C1/C(=N\OCCO)c2ccccc2N1C. The van der Waals surface area contributed by atoms with Crippen molar-refractivity contribution in [2.75, 3.05) is 25.2 Å². The predicted molar refractivity (Wildman–Crippen MR) is 99.6 cm³/mol. The molecular weight excluding hydrogens is 330 g/mol. The van der Waals surface area contributed by atoms with Gasteiger partial charge in [-0.2, -0.15) is 0 Å². The fourth-order valence-corrected chi connectivity index (χ4v) is 3.36. The summed E-state index contributed by atoms with van der Waals surface area (Å²) in [5.74, 6) is -0.282. The number of likely N-dealkylation sites (N-methyl/N-ethyl adjacent to an activating group) is 1. The van der Waals surface area contributed by atoms with Gasteiger partial charge in [-0.15, -0.1) is 0 Å². The summed E-state index contributed by atoms with van der Waals surface area (Å²) >= 11 is 0. The van der Waals surface area contributed by atoms with E-state index in [-0.39, 0.29) is 19.1 Å². The normalized spacial score (nSPS) is 19.6. The van der Waals surface area contributed by atoms with Crippen LogP contribution in [0.1, 0.15) is 16.7 Å². The third-order valence-corrected chi connectivity index (χ3v) is 4.51. The lowest BCUT2D eigenvalue weighted by Gasteiger charge is -2.20. The van der Waals surface area contributed by atoms with E-state index in [2.05, 4.69) is 10.1 Å². The molecule has 0 saturated heterocycles. The van der Waals surface area contributed by atoms with Gasteiger partial charge in [0.05, 0.1) is 23.7 Å². The molecule has 0 atom stereocenters. The minimum absolute atomic E-state index is 0.0894. The number of para-hydroxylation sites is 1. The molecular formula is C20H18N3O3-. The third kappa shape index (κ3) is 2.46. The van der Waals surface area contributed by atoms with E-state index < -0.39 is 0 Å². The van der Waals surface area contributed by atoms with Crippen LogP contribution in [0.15, 0.2) is 58.3 Å². The molecule has 0 aliphatic carbocycles. The summed E-state index contributed by atoms with van der Waals surface area (Å²) in [6, 6.07) is 13.6. The summed E-state index contributed by atoms with van der Waals surface area (Å²) in [6.45, 7) is 1.93. The van der Waals surface area contributed by atoms with Gasteiger partial charge < -0.3 is 20.0 Å². The van der Waals surface area contributed by atoms with Crippen molar-refractivity contribution in [1.29, 1.82) is 0 Å². The molecule has 2 heterocycles. The van der Waals surface area contributed by atoms with Crippen LogP contribution in [0.25, 0.3) is 5.57 Å². The van der Waals surface area contributed by atoms with Crippen molar-refractivity contribution in [3.8, 4) is 0 Å². The second kappa shape index (κ2) is 6.31. The lowest BCUT2D eigenvalue weighted by Crippen LogP contribution is -2.24. The molecule has 0 spiro atoms. The number of nitrogens with zero attached hydrogens (tertiary/aromatic N) is 3. The molecule has 6 nitrogen and oxygen atoms in total. The van der Waals surface area contributed by atoms with Crippen LogP contribution in [0.3, 0.4) is 0 Å². The molecule has 2 aliphatic rings. The minimum Gasteiger partial charge on any atom is -0.858 e. The number of benzene rings is 2. The number of oxime groups is 1. The maximum Gasteiger partial charge on any atom is 0.140 e. The number of fused-ring (bicyclic) bond motifs is 2. The van der Waals surface area contributed by atoms with Gasteiger partial charge in [-0.3, -0.25) is 4.99 Å². The van der Waals surface area contributed by atoms with Crippen molar-refractivity contribution in [3.05, 3.63) is 64.9 Å². The molecule has 4 rings (SSSR count). The van der Waals surface area contributed by atoms with E-state index in [1.165, 1.54) is 0 Å². The van der Waals surface area contributed by atoms with Crippen LogP contribution in [0.2, 0.25) is 0 Å². The highest BCUT2D eigenvalue weighted by Gasteiger charge is 2.33. The Morgan fingerprint density at radius 1 is 1.19 bits per heavy atom. The van der Waals surface area contributed by atoms with Gasteiger partial charge in [0, 0.05) is 23.7 Å². The Morgan fingerprint density at radius 2 is 2.00 bits per heavy atom. The van der Waals surface area contributed by atoms with Crippen LogP contribution in [0.5, 0.6) is 0 Å². The van der Waals surface area contributed by atoms with E-state index in [0.717, 1.165) is 22.4 Å². The van der Waals surface area contributed by atoms with Gasteiger partial charge in [0.1, 0.15) is 12.3 Å². The zero-order chi connectivity index (χ0) is 18.3. The standard InChI is InChI=1S/C20H19N3O3/c1-12-7-8-13-15(11-12)21-20(25)17(13)19-18(22-26-10-9-24)14-5-3-4-6-16(14)23(19)2/h3-8,11,24H,9-10H2,1-2H3,(H,21,25)/p-1/b19-17-,22-18-.